The molecule has 17 heavy (non-hydrogen) atoms. The molecule has 1 rings (SSSR count). The number of esters is 2. The number of rotatable bonds is 4. The molecular formula is C9H13N3O5. The molecule has 0 amide bonds. The third kappa shape index (κ3) is 4.29. The van der Waals surface area contributed by atoms with Crippen LogP contribution in [0.1, 0.15) is 20.3 Å². The van der Waals surface area contributed by atoms with Gasteiger partial charge in [-0.25, -0.2) is 0 Å². The van der Waals surface area contributed by atoms with Gasteiger partial charge < -0.3 is 14.2 Å². The van der Waals surface area contributed by atoms with E-state index in [4.69, 9.17) is 19.7 Å². The lowest BCUT2D eigenvalue weighted by Crippen LogP contribution is -2.24. The maximum Gasteiger partial charge on any atom is 0.302 e. The van der Waals surface area contributed by atoms with E-state index < -0.39 is 30.4 Å². The summed E-state index contributed by atoms with van der Waals surface area (Å²) in [5.74, 6) is -0.908. The summed E-state index contributed by atoms with van der Waals surface area (Å²) >= 11 is 0. The Morgan fingerprint density at radius 1 is 1.47 bits per heavy atom. The Morgan fingerprint density at radius 2 is 2.18 bits per heavy atom. The Hall–Kier alpha value is -1.79. The predicted octanol–water partition coefficient (Wildman–Crippen LogP) is 0.906. The molecule has 0 saturated carbocycles. The highest BCUT2D eigenvalue weighted by Gasteiger charge is 2.37. The van der Waals surface area contributed by atoms with Crippen molar-refractivity contribution in [1.82, 2.24) is 0 Å². The fourth-order valence-electron chi connectivity index (χ4n) is 1.51. The number of carbonyl (C=O) groups excluding carboxylic acids is 2. The fraction of sp³-hybridized carbons (Fsp3) is 0.778. The molecule has 1 aliphatic rings. The molecule has 0 unspecified atom stereocenters. The van der Waals surface area contributed by atoms with Crippen LogP contribution in [0.15, 0.2) is 5.11 Å². The van der Waals surface area contributed by atoms with E-state index in [-0.39, 0.29) is 6.61 Å². The molecule has 1 fully saturated rings. The molecule has 1 aliphatic heterocycles. The maximum absolute atomic E-state index is 10.8. The lowest BCUT2D eigenvalue weighted by Gasteiger charge is -2.12. The van der Waals surface area contributed by atoms with Crippen molar-refractivity contribution in [3.8, 4) is 0 Å². The summed E-state index contributed by atoms with van der Waals surface area (Å²) in [7, 11) is 0. The standard InChI is InChI=1S/C9H13N3O5/c1-5(13)15-4-7-3-8(16-6(2)14)9(17-7)11-12-10/h7-9H,3-4H2,1-2H3/t7-,8+,9+/m0/s1. The van der Waals surface area contributed by atoms with Crippen LogP contribution in [0.25, 0.3) is 10.4 Å². The summed E-state index contributed by atoms with van der Waals surface area (Å²) in [4.78, 5) is 24.1. The van der Waals surface area contributed by atoms with E-state index in [1.165, 1.54) is 13.8 Å². The van der Waals surface area contributed by atoms with E-state index in [0.717, 1.165) is 0 Å². The molecule has 1 saturated heterocycles. The van der Waals surface area contributed by atoms with E-state index in [0.29, 0.717) is 6.42 Å². The minimum Gasteiger partial charge on any atom is -0.463 e. The van der Waals surface area contributed by atoms with E-state index in [9.17, 15) is 9.59 Å². The van der Waals surface area contributed by atoms with Crippen LogP contribution in [-0.4, -0.2) is 37.0 Å². The second-order valence-corrected chi connectivity index (χ2v) is 3.54. The third-order valence-electron chi connectivity index (χ3n) is 2.10. The Balaban J connectivity index is 2.55. The summed E-state index contributed by atoms with van der Waals surface area (Å²) in [6, 6.07) is 0. The van der Waals surface area contributed by atoms with Gasteiger partial charge >= 0.3 is 11.9 Å². The highest BCUT2D eigenvalue weighted by molar-refractivity contribution is 5.66. The second kappa shape index (κ2) is 6.07. The van der Waals surface area contributed by atoms with Gasteiger partial charge in [-0.15, -0.1) is 0 Å². The molecule has 1 heterocycles. The second-order valence-electron chi connectivity index (χ2n) is 3.54. The van der Waals surface area contributed by atoms with Crippen molar-refractivity contribution in [3.63, 3.8) is 0 Å². The molecule has 0 N–H and O–H groups in total. The summed E-state index contributed by atoms with van der Waals surface area (Å²) in [6.07, 6.45) is -1.61. The summed E-state index contributed by atoms with van der Waals surface area (Å²) in [5, 5.41) is 3.38. The molecule has 8 nitrogen and oxygen atoms in total. The third-order valence-corrected chi connectivity index (χ3v) is 2.10. The smallest absolute Gasteiger partial charge is 0.302 e. The average molecular weight is 243 g/mol. The number of hydrogen-bond donors (Lipinski definition) is 0. The zero-order valence-electron chi connectivity index (χ0n) is 9.53. The van der Waals surface area contributed by atoms with Crippen molar-refractivity contribution >= 4 is 11.9 Å². The zero-order valence-corrected chi connectivity index (χ0v) is 9.53. The SMILES string of the molecule is CC(=O)OC[C@@H]1C[C@@H](OC(C)=O)[C@H](N=[N+]=[N-])O1. The summed E-state index contributed by atoms with van der Waals surface area (Å²) in [6.45, 7) is 2.58. The highest BCUT2D eigenvalue weighted by Crippen LogP contribution is 2.24. The van der Waals surface area contributed by atoms with E-state index in [1.807, 2.05) is 0 Å². The van der Waals surface area contributed by atoms with Crippen molar-refractivity contribution in [3.05, 3.63) is 10.4 Å². The lowest BCUT2D eigenvalue weighted by molar-refractivity contribution is -0.148. The highest BCUT2D eigenvalue weighted by atomic mass is 16.6. The van der Waals surface area contributed by atoms with Gasteiger partial charge in [-0.3, -0.25) is 9.59 Å². The molecule has 0 spiro atoms. The van der Waals surface area contributed by atoms with Crippen molar-refractivity contribution in [2.24, 2.45) is 5.11 Å². The van der Waals surface area contributed by atoms with E-state index in [2.05, 4.69) is 10.0 Å². The first-order valence-corrected chi connectivity index (χ1v) is 5.03. The predicted molar refractivity (Wildman–Crippen MR) is 54.6 cm³/mol. The van der Waals surface area contributed by atoms with Crippen LogP contribution in [-0.2, 0) is 23.8 Å². The lowest BCUT2D eigenvalue weighted by atomic mass is 10.2. The van der Waals surface area contributed by atoms with Crippen LogP contribution >= 0.6 is 0 Å². The van der Waals surface area contributed by atoms with Crippen LogP contribution in [0.4, 0.5) is 0 Å². The molecule has 0 aromatic rings. The first-order valence-electron chi connectivity index (χ1n) is 5.03. The number of nitrogens with zero attached hydrogens (tertiary/aromatic N) is 3. The van der Waals surface area contributed by atoms with Gasteiger partial charge in [0.25, 0.3) is 0 Å². The maximum atomic E-state index is 10.8. The normalized spacial score (nSPS) is 27.1. The van der Waals surface area contributed by atoms with Crippen LogP contribution in [0, 0.1) is 0 Å². The van der Waals surface area contributed by atoms with Crippen molar-refractivity contribution in [2.75, 3.05) is 6.61 Å². The van der Waals surface area contributed by atoms with E-state index >= 15 is 0 Å². The van der Waals surface area contributed by atoms with Crippen LogP contribution in [0.3, 0.4) is 0 Å². The molecule has 0 radical (unpaired) electrons. The first kappa shape index (κ1) is 13.3. The van der Waals surface area contributed by atoms with Crippen LogP contribution in [0.2, 0.25) is 0 Å². The molecule has 0 aromatic heterocycles. The molecule has 8 heteroatoms. The first-order chi connectivity index (χ1) is 8.02. The largest absolute Gasteiger partial charge is 0.463 e. The van der Waals surface area contributed by atoms with Gasteiger partial charge in [0, 0.05) is 25.2 Å². The number of hydrogen-bond acceptors (Lipinski definition) is 6. The summed E-state index contributed by atoms with van der Waals surface area (Å²) < 4.78 is 15.0. The molecule has 0 bridgehead atoms. The molecule has 0 aromatic carbocycles. The van der Waals surface area contributed by atoms with Gasteiger partial charge in [0.05, 0.1) is 6.10 Å². The Bertz CT molecular complexity index is 353. The van der Waals surface area contributed by atoms with Crippen molar-refractivity contribution in [1.29, 1.82) is 0 Å². The van der Waals surface area contributed by atoms with Gasteiger partial charge in [-0.05, 0) is 5.53 Å². The van der Waals surface area contributed by atoms with Crippen molar-refractivity contribution in [2.45, 2.75) is 38.7 Å². The monoisotopic (exact) mass is 243 g/mol. The molecule has 0 aliphatic carbocycles. The average Bonchev–Trinajstić information content (AvgIpc) is 2.58. The minimum absolute atomic E-state index is 0.0462. The van der Waals surface area contributed by atoms with Gasteiger partial charge in [-0.2, -0.15) is 0 Å². The van der Waals surface area contributed by atoms with Crippen LogP contribution < -0.4 is 0 Å². The Labute approximate surface area is 97.5 Å². The Morgan fingerprint density at radius 3 is 2.71 bits per heavy atom. The van der Waals surface area contributed by atoms with Gasteiger partial charge in [0.2, 0.25) is 0 Å². The number of carbonyl (C=O) groups is 2. The zero-order chi connectivity index (χ0) is 12.8. The summed E-state index contributed by atoms with van der Waals surface area (Å²) in [5.41, 5.74) is 8.34. The quantitative estimate of drug-likeness (QED) is 0.315. The topological polar surface area (TPSA) is 111 Å². The number of ether oxygens (including phenoxy) is 3. The van der Waals surface area contributed by atoms with Gasteiger partial charge in [0.1, 0.15) is 12.7 Å². The van der Waals surface area contributed by atoms with Crippen molar-refractivity contribution < 1.29 is 23.8 Å². The fourth-order valence-corrected chi connectivity index (χ4v) is 1.51. The van der Waals surface area contributed by atoms with Gasteiger partial charge in [0.15, 0.2) is 6.23 Å². The molecule has 94 valence electrons. The Kier molecular flexibility index (Phi) is 4.74. The molecule has 3 atom stereocenters. The van der Waals surface area contributed by atoms with Crippen LogP contribution in [0.5, 0.6) is 0 Å². The minimum atomic E-state index is -0.871. The molecular weight excluding hydrogens is 230 g/mol. The number of azide groups is 1. The van der Waals surface area contributed by atoms with Gasteiger partial charge in [-0.1, -0.05) is 5.11 Å². The van der Waals surface area contributed by atoms with E-state index in [1.54, 1.807) is 0 Å².